The minimum absolute atomic E-state index is 0.317. The summed E-state index contributed by atoms with van der Waals surface area (Å²) in [5.74, 6) is -0.330. The van der Waals surface area contributed by atoms with Gasteiger partial charge in [0.1, 0.15) is 0 Å². The van der Waals surface area contributed by atoms with Crippen molar-refractivity contribution in [1.82, 2.24) is 10.2 Å². The zero-order valence-electron chi connectivity index (χ0n) is 12.8. The topological polar surface area (TPSA) is 52.6 Å². The first-order valence-electron chi connectivity index (χ1n) is 8.37. The Hall–Kier alpha value is -0.610. The molecule has 1 heterocycles. The third-order valence-corrected chi connectivity index (χ3v) is 4.73. The smallest absolute Gasteiger partial charge is 0.303 e. The summed E-state index contributed by atoms with van der Waals surface area (Å²) in [6.45, 7) is 5.41. The van der Waals surface area contributed by atoms with E-state index in [9.17, 15) is 4.79 Å². The number of nitrogens with zero attached hydrogens (tertiary/aromatic N) is 1. The van der Waals surface area contributed by atoms with Crippen molar-refractivity contribution in [1.29, 1.82) is 0 Å². The average Bonchev–Trinajstić information content (AvgIpc) is 2.88. The predicted octanol–water partition coefficient (Wildman–Crippen LogP) is 2.48. The van der Waals surface area contributed by atoms with Gasteiger partial charge >= 0.3 is 5.97 Å². The van der Waals surface area contributed by atoms with Crippen LogP contribution in [0, 0.1) is 5.92 Å². The van der Waals surface area contributed by atoms with Crippen molar-refractivity contribution in [2.75, 3.05) is 19.6 Å². The van der Waals surface area contributed by atoms with E-state index in [0.29, 0.717) is 24.4 Å². The average molecular weight is 282 g/mol. The van der Waals surface area contributed by atoms with Crippen LogP contribution in [0.15, 0.2) is 0 Å². The summed E-state index contributed by atoms with van der Waals surface area (Å²) in [5, 5.41) is 12.9. The van der Waals surface area contributed by atoms with Crippen molar-refractivity contribution in [3.8, 4) is 0 Å². The third kappa shape index (κ3) is 5.06. The van der Waals surface area contributed by atoms with Gasteiger partial charge in [0.25, 0.3) is 0 Å². The van der Waals surface area contributed by atoms with Crippen molar-refractivity contribution < 1.29 is 9.90 Å². The van der Waals surface area contributed by atoms with Crippen LogP contribution in [0.25, 0.3) is 0 Å². The van der Waals surface area contributed by atoms with Crippen molar-refractivity contribution in [2.24, 2.45) is 5.92 Å². The number of carbonyl (C=O) groups is 1. The summed E-state index contributed by atoms with van der Waals surface area (Å²) < 4.78 is 0. The van der Waals surface area contributed by atoms with Gasteiger partial charge in [0.15, 0.2) is 0 Å². The molecule has 1 aliphatic carbocycles. The predicted molar refractivity (Wildman–Crippen MR) is 80.9 cm³/mol. The van der Waals surface area contributed by atoms with Gasteiger partial charge in [0.05, 0.1) is 0 Å². The van der Waals surface area contributed by atoms with Gasteiger partial charge < -0.3 is 15.3 Å². The van der Waals surface area contributed by atoms with Gasteiger partial charge in [-0.15, -0.1) is 0 Å². The number of likely N-dealkylation sites (tertiary alicyclic amines) is 1. The van der Waals surface area contributed by atoms with Gasteiger partial charge in [-0.05, 0) is 38.1 Å². The Balaban J connectivity index is 1.86. The minimum Gasteiger partial charge on any atom is -0.481 e. The number of rotatable bonds is 7. The fourth-order valence-electron chi connectivity index (χ4n) is 3.81. The lowest BCUT2D eigenvalue weighted by atomic mass is 9.90. The van der Waals surface area contributed by atoms with Crippen LogP contribution >= 0.6 is 0 Å². The lowest BCUT2D eigenvalue weighted by Crippen LogP contribution is -2.51. The lowest BCUT2D eigenvalue weighted by molar-refractivity contribution is -0.138. The Morgan fingerprint density at radius 2 is 2.00 bits per heavy atom. The molecule has 0 aromatic heterocycles. The lowest BCUT2D eigenvalue weighted by Gasteiger charge is -2.39. The maximum absolute atomic E-state index is 11.0. The zero-order valence-corrected chi connectivity index (χ0v) is 12.8. The van der Waals surface area contributed by atoms with Gasteiger partial charge in [0, 0.05) is 31.6 Å². The molecular weight excluding hydrogens is 252 g/mol. The summed E-state index contributed by atoms with van der Waals surface area (Å²) in [6, 6.07) is 1.17. The van der Waals surface area contributed by atoms with E-state index in [4.69, 9.17) is 5.11 Å². The number of aliphatic carboxylic acids is 1. The fraction of sp³-hybridized carbons (Fsp3) is 0.938. The molecule has 1 saturated heterocycles. The van der Waals surface area contributed by atoms with Crippen LogP contribution in [-0.2, 0) is 4.79 Å². The van der Waals surface area contributed by atoms with Crippen LogP contribution in [0.1, 0.15) is 58.3 Å². The quantitative estimate of drug-likeness (QED) is 0.753. The molecule has 2 atom stereocenters. The first kappa shape index (κ1) is 15.8. The Kier molecular flexibility index (Phi) is 6.30. The Labute approximate surface area is 122 Å². The Morgan fingerprint density at radius 1 is 1.25 bits per heavy atom. The molecule has 2 N–H and O–H groups in total. The number of nitrogens with one attached hydrogen (secondary N) is 1. The van der Waals surface area contributed by atoms with Crippen LogP contribution < -0.4 is 5.32 Å². The molecule has 20 heavy (non-hydrogen) atoms. The molecule has 116 valence electrons. The van der Waals surface area contributed by atoms with E-state index < -0.39 is 5.97 Å². The normalized spacial score (nSPS) is 28.9. The van der Waals surface area contributed by atoms with Crippen LogP contribution in [0.3, 0.4) is 0 Å². The maximum Gasteiger partial charge on any atom is 0.303 e. The molecular formula is C16H30N2O2. The first-order valence-corrected chi connectivity index (χ1v) is 8.37. The fourth-order valence-corrected chi connectivity index (χ4v) is 3.81. The van der Waals surface area contributed by atoms with E-state index in [0.717, 1.165) is 26.1 Å². The van der Waals surface area contributed by atoms with Crippen LogP contribution in [-0.4, -0.2) is 47.7 Å². The van der Waals surface area contributed by atoms with Crippen LogP contribution in [0.4, 0.5) is 0 Å². The maximum atomic E-state index is 11.0. The molecule has 0 bridgehead atoms. The van der Waals surface area contributed by atoms with Gasteiger partial charge in [-0.25, -0.2) is 0 Å². The molecule has 0 aromatic carbocycles. The van der Waals surface area contributed by atoms with Crippen molar-refractivity contribution in [3.05, 3.63) is 0 Å². The molecule has 0 amide bonds. The van der Waals surface area contributed by atoms with E-state index in [1.807, 2.05) is 0 Å². The Morgan fingerprint density at radius 3 is 2.65 bits per heavy atom. The van der Waals surface area contributed by atoms with Crippen molar-refractivity contribution >= 4 is 5.97 Å². The number of carboxylic acid groups (broad SMARTS) is 1. The summed E-state index contributed by atoms with van der Waals surface area (Å²) in [4.78, 5) is 13.5. The van der Waals surface area contributed by atoms with E-state index in [2.05, 4.69) is 17.1 Å². The second-order valence-electron chi connectivity index (χ2n) is 6.66. The molecule has 2 aliphatic rings. The highest BCUT2D eigenvalue weighted by Gasteiger charge is 2.30. The van der Waals surface area contributed by atoms with E-state index in [-0.39, 0.29) is 0 Å². The van der Waals surface area contributed by atoms with E-state index in [1.54, 1.807) is 0 Å². The summed E-state index contributed by atoms with van der Waals surface area (Å²) in [5.41, 5.74) is 0. The summed E-state index contributed by atoms with van der Waals surface area (Å²) in [6.07, 6.45) is 9.09. The number of piperidine rings is 1. The number of carboxylic acids is 1. The highest BCUT2D eigenvalue weighted by Crippen LogP contribution is 2.24. The second kappa shape index (κ2) is 7.99. The number of unbranched alkanes of at least 4 members (excludes halogenated alkanes) is 1. The van der Waals surface area contributed by atoms with Gasteiger partial charge in [-0.1, -0.05) is 26.2 Å². The second-order valence-corrected chi connectivity index (χ2v) is 6.66. The molecule has 4 nitrogen and oxygen atoms in total. The monoisotopic (exact) mass is 282 g/mol. The standard InChI is InChI=1S/C16H30N2O2/c1-2-3-8-18-11-13(10-16(19)20)9-15(12-18)17-14-6-4-5-7-14/h13-15,17H,2-12H2,1H3,(H,19,20). The molecule has 0 radical (unpaired) electrons. The Bertz CT molecular complexity index is 303. The van der Waals surface area contributed by atoms with E-state index in [1.165, 1.54) is 38.5 Å². The molecule has 1 aliphatic heterocycles. The zero-order chi connectivity index (χ0) is 14.4. The van der Waals surface area contributed by atoms with Gasteiger partial charge in [-0.3, -0.25) is 4.79 Å². The highest BCUT2D eigenvalue weighted by atomic mass is 16.4. The molecule has 1 saturated carbocycles. The molecule has 2 unspecified atom stereocenters. The van der Waals surface area contributed by atoms with Crippen LogP contribution in [0.2, 0.25) is 0 Å². The third-order valence-electron chi connectivity index (χ3n) is 4.73. The molecule has 2 rings (SSSR count). The highest BCUT2D eigenvalue weighted by molar-refractivity contribution is 5.67. The minimum atomic E-state index is -0.646. The van der Waals surface area contributed by atoms with Crippen molar-refractivity contribution in [3.63, 3.8) is 0 Å². The first-order chi connectivity index (χ1) is 9.67. The van der Waals surface area contributed by atoms with Crippen LogP contribution in [0.5, 0.6) is 0 Å². The molecule has 4 heteroatoms. The number of hydrogen-bond donors (Lipinski definition) is 2. The van der Waals surface area contributed by atoms with Gasteiger partial charge in [0.2, 0.25) is 0 Å². The summed E-state index contributed by atoms with van der Waals surface area (Å²) in [7, 11) is 0. The van der Waals surface area contributed by atoms with Gasteiger partial charge in [-0.2, -0.15) is 0 Å². The molecule has 2 fully saturated rings. The van der Waals surface area contributed by atoms with E-state index >= 15 is 0 Å². The number of hydrogen-bond acceptors (Lipinski definition) is 3. The SMILES string of the molecule is CCCCN1CC(CC(=O)O)CC(NC2CCCC2)C1. The molecule has 0 spiro atoms. The largest absolute Gasteiger partial charge is 0.481 e. The molecule has 0 aromatic rings. The summed E-state index contributed by atoms with van der Waals surface area (Å²) >= 11 is 0. The van der Waals surface area contributed by atoms with Crippen molar-refractivity contribution in [2.45, 2.75) is 70.4 Å².